The summed E-state index contributed by atoms with van der Waals surface area (Å²) in [6.07, 6.45) is 0.858. The molecule has 0 spiro atoms. The largest absolute Gasteiger partial charge is 0.237 e. The summed E-state index contributed by atoms with van der Waals surface area (Å²) in [5.74, 6) is 0.776. The van der Waals surface area contributed by atoms with E-state index in [0.29, 0.717) is 5.15 Å². The molecular formula is C16H19ClN2. The SMILES string of the molecule is CCc1c(C)nc(C(C)(C)c2ccccc2)nc1Cl. The van der Waals surface area contributed by atoms with Crippen LogP contribution in [0.5, 0.6) is 0 Å². The number of halogens is 1. The first-order valence-electron chi connectivity index (χ1n) is 6.55. The Kier molecular flexibility index (Phi) is 3.91. The fourth-order valence-corrected chi connectivity index (χ4v) is 2.58. The van der Waals surface area contributed by atoms with E-state index < -0.39 is 0 Å². The van der Waals surface area contributed by atoms with Crippen molar-refractivity contribution in [2.45, 2.75) is 39.5 Å². The van der Waals surface area contributed by atoms with Gasteiger partial charge in [-0.1, -0.05) is 48.9 Å². The molecule has 0 amide bonds. The van der Waals surface area contributed by atoms with Crippen molar-refractivity contribution < 1.29 is 0 Å². The predicted molar refractivity (Wildman–Crippen MR) is 79.7 cm³/mol. The van der Waals surface area contributed by atoms with E-state index >= 15 is 0 Å². The van der Waals surface area contributed by atoms with E-state index in [0.717, 1.165) is 23.5 Å². The summed E-state index contributed by atoms with van der Waals surface area (Å²) in [5.41, 5.74) is 2.95. The third-order valence-corrected chi connectivity index (χ3v) is 3.88. The smallest absolute Gasteiger partial charge is 0.140 e. The standard InChI is InChI=1S/C16H19ClN2/c1-5-13-11(2)18-15(19-14(13)17)16(3,4)12-9-7-6-8-10-12/h6-10H,5H2,1-4H3. The van der Waals surface area contributed by atoms with Gasteiger partial charge in [-0.2, -0.15) is 0 Å². The topological polar surface area (TPSA) is 25.8 Å². The fraction of sp³-hybridized carbons (Fsp3) is 0.375. The Morgan fingerprint density at radius 1 is 1.11 bits per heavy atom. The van der Waals surface area contributed by atoms with Gasteiger partial charge in [0.1, 0.15) is 11.0 Å². The van der Waals surface area contributed by atoms with Crippen molar-refractivity contribution in [3.8, 4) is 0 Å². The van der Waals surface area contributed by atoms with Crippen LogP contribution in [0.15, 0.2) is 30.3 Å². The van der Waals surface area contributed by atoms with E-state index in [1.807, 2.05) is 25.1 Å². The average molecular weight is 275 g/mol. The lowest BCUT2D eigenvalue weighted by Gasteiger charge is -2.24. The molecule has 1 heterocycles. The molecule has 0 saturated carbocycles. The van der Waals surface area contributed by atoms with Gasteiger partial charge in [0.05, 0.1) is 0 Å². The lowest BCUT2D eigenvalue weighted by atomic mass is 9.83. The zero-order valence-corrected chi connectivity index (χ0v) is 12.6. The molecular weight excluding hydrogens is 256 g/mol. The first kappa shape index (κ1) is 14.0. The molecule has 2 rings (SSSR count). The van der Waals surface area contributed by atoms with E-state index in [2.05, 4.69) is 42.9 Å². The number of aromatic nitrogens is 2. The van der Waals surface area contributed by atoms with E-state index in [4.69, 9.17) is 11.6 Å². The van der Waals surface area contributed by atoms with Crippen LogP contribution in [0.4, 0.5) is 0 Å². The second-order valence-electron chi connectivity index (χ2n) is 5.25. The summed E-state index contributed by atoms with van der Waals surface area (Å²) in [5, 5.41) is 0.578. The molecule has 0 aliphatic heterocycles. The molecule has 0 N–H and O–H groups in total. The van der Waals surface area contributed by atoms with E-state index in [1.54, 1.807) is 0 Å². The lowest BCUT2D eigenvalue weighted by Crippen LogP contribution is -2.23. The van der Waals surface area contributed by atoms with Gasteiger partial charge in [-0.05, 0) is 32.8 Å². The normalized spacial score (nSPS) is 11.6. The Hall–Kier alpha value is -1.41. The van der Waals surface area contributed by atoms with Gasteiger partial charge in [0, 0.05) is 16.7 Å². The highest BCUT2D eigenvalue weighted by Gasteiger charge is 2.27. The Morgan fingerprint density at radius 2 is 1.74 bits per heavy atom. The minimum absolute atomic E-state index is 0.248. The minimum atomic E-state index is -0.248. The third-order valence-electron chi connectivity index (χ3n) is 3.57. The van der Waals surface area contributed by atoms with E-state index in [1.165, 1.54) is 5.56 Å². The lowest BCUT2D eigenvalue weighted by molar-refractivity contribution is 0.585. The summed E-state index contributed by atoms with van der Waals surface area (Å²) in [6.45, 7) is 8.31. The molecule has 0 saturated heterocycles. The van der Waals surface area contributed by atoms with Crippen LogP contribution in [0.3, 0.4) is 0 Å². The molecule has 0 radical (unpaired) electrons. The molecule has 3 heteroatoms. The van der Waals surface area contributed by atoms with Crippen molar-refractivity contribution in [2.24, 2.45) is 0 Å². The Labute approximate surface area is 119 Å². The number of hydrogen-bond donors (Lipinski definition) is 0. The van der Waals surface area contributed by atoms with Gasteiger partial charge in [-0.3, -0.25) is 0 Å². The fourth-order valence-electron chi connectivity index (χ4n) is 2.23. The summed E-state index contributed by atoms with van der Waals surface area (Å²) in [7, 11) is 0. The second-order valence-corrected chi connectivity index (χ2v) is 5.60. The van der Waals surface area contributed by atoms with Gasteiger partial charge in [-0.25, -0.2) is 9.97 Å². The quantitative estimate of drug-likeness (QED) is 0.779. The Balaban J connectivity index is 2.53. The predicted octanol–water partition coefficient (Wildman–Crippen LogP) is 4.33. The van der Waals surface area contributed by atoms with Crippen LogP contribution < -0.4 is 0 Å². The molecule has 0 fully saturated rings. The van der Waals surface area contributed by atoms with Crippen LogP contribution in [0, 0.1) is 6.92 Å². The number of nitrogens with zero attached hydrogens (tertiary/aromatic N) is 2. The third kappa shape index (κ3) is 2.64. The van der Waals surface area contributed by atoms with Crippen LogP contribution in [0.25, 0.3) is 0 Å². The van der Waals surface area contributed by atoms with Crippen molar-refractivity contribution in [3.05, 3.63) is 58.1 Å². The monoisotopic (exact) mass is 274 g/mol. The molecule has 2 nitrogen and oxygen atoms in total. The molecule has 0 bridgehead atoms. The zero-order chi connectivity index (χ0) is 14.0. The minimum Gasteiger partial charge on any atom is -0.237 e. The molecule has 100 valence electrons. The van der Waals surface area contributed by atoms with Gasteiger partial charge < -0.3 is 0 Å². The Morgan fingerprint density at radius 3 is 2.26 bits per heavy atom. The maximum Gasteiger partial charge on any atom is 0.140 e. The number of hydrogen-bond acceptors (Lipinski definition) is 2. The van der Waals surface area contributed by atoms with Gasteiger partial charge in [0.2, 0.25) is 0 Å². The van der Waals surface area contributed by atoms with E-state index in [-0.39, 0.29) is 5.41 Å². The highest BCUT2D eigenvalue weighted by Crippen LogP contribution is 2.30. The average Bonchev–Trinajstić information content (AvgIpc) is 2.39. The van der Waals surface area contributed by atoms with Crippen LogP contribution >= 0.6 is 11.6 Å². The second kappa shape index (κ2) is 5.30. The van der Waals surface area contributed by atoms with Crippen molar-refractivity contribution in [1.82, 2.24) is 9.97 Å². The van der Waals surface area contributed by atoms with Gasteiger partial charge in [-0.15, -0.1) is 0 Å². The van der Waals surface area contributed by atoms with Gasteiger partial charge in [0.25, 0.3) is 0 Å². The molecule has 2 aromatic rings. The summed E-state index contributed by atoms with van der Waals surface area (Å²) < 4.78 is 0. The van der Waals surface area contributed by atoms with Crippen molar-refractivity contribution in [3.63, 3.8) is 0 Å². The molecule has 1 aromatic heterocycles. The maximum atomic E-state index is 6.28. The van der Waals surface area contributed by atoms with Crippen LogP contribution in [0.2, 0.25) is 5.15 Å². The van der Waals surface area contributed by atoms with Gasteiger partial charge in [0.15, 0.2) is 0 Å². The maximum absolute atomic E-state index is 6.28. The number of benzene rings is 1. The number of aryl methyl sites for hydroxylation is 1. The van der Waals surface area contributed by atoms with Crippen molar-refractivity contribution in [1.29, 1.82) is 0 Å². The highest BCUT2D eigenvalue weighted by molar-refractivity contribution is 6.30. The van der Waals surface area contributed by atoms with Gasteiger partial charge >= 0.3 is 0 Å². The molecule has 0 unspecified atom stereocenters. The molecule has 19 heavy (non-hydrogen) atoms. The molecule has 0 aliphatic carbocycles. The Bertz CT molecular complexity index is 554. The van der Waals surface area contributed by atoms with Crippen LogP contribution in [0.1, 0.15) is 43.4 Å². The summed E-state index contributed by atoms with van der Waals surface area (Å²) in [6, 6.07) is 10.3. The van der Waals surface area contributed by atoms with Crippen molar-refractivity contribution in [2.75, 3.05) is 0 Å². The number of rotatable bonds is 3. The highest BCUT2D eigenvalue weighted by atomic mass is 35.5. The molecule has 0 atom stereocenters. The van der Waals surface area contributed by atoms with Crippen LogP contribution in [-0.2, 0) is 11.8 Å². The first-order chi connectivity index (χ1) is 8.96. The first-order valence-corrected chi connectivity index (χ1v) is 6.93. The summed E-state index contributed by atoms with van der Waals surface area (Å²) in [4.78, 5) is 9.16. The summed E-state index contributed by atoms with van der Waals surface area (Å²) >= 11 is 6.28. The zero-order valence-electron chi connectivity index (χ0n) is 11.9. The van der Waals surface area contributed by atoms with Crippen molar-refractivity contribution >= 4 is 11.6 Å². The van der Waals surface area contributed by atoms with E-state index in [9.17, 15) is 0 Å². The van der Waals surface area contributed by atoms with Crippen LogP contribution in [-0.4, -0.2) is 9.97 Å². The molecule has 0 aliphatic rings. The molecule has 1 aromatic carbocycles.